The molecular weight excluding hydrogens is 252 g/mol. The number of pyridine rings is 1. The fourth-order valence-corrected chi connectivity index (χ4v) is 2.59. The predicted octanol–water partition coefficient (Wildman–Crippen LogP) is 2.41. The molecular formula is C15H12N4O. The fraction of sp³-hybridized carbons (Fsp3) is 0.0667. The number of aryl methyl sites for hydroxylation is 1. The molecule has 2 N–H and O–H groups in total. The molecule has 5 nitrogen and oxygen atoms in total. The number of aromatic nitrogens is 4. The van der Waals surface area contributed by atoms with Crippen LogP contribution in [-0.4, -0.2) is 19.7 Å². The predicted molar refractivity (Wildman–Crippen MR) is 78.6 cm³/mol. The Kier molecular flexibility index (Phi) is 2.12. The molecule has 0 bridgehead atoms. The first kappa shape index (κ1) is 11.0. The summed E-state index contributed by atoms with van der Waals surface area (Å²) in [6, 6.07) is 7.27. The second kappa shape index (κ2) is 3.84. The van der Waals surface area contributed by atoms with Crippen molar-refractivity contribution in [2.45, 2.75) is 0 Å². The van der Waals surface area contributed by atoms with Gasteiger partial charge in [-0.05, 0) is 18.2 Å². The van der Waals surface area contributed by atoms with Crippen molar-refractivity contribution in [2.75, 3.05) is 0 Å². The molecule has 0 fully saturated rings. The summed E-state index contributed by atoms with van der Waals surface area (Å²) in [5, 5.41) is 5.84. The molecule has 0 unspecified atom stereocenters. The Morgan fingerprint density at radius 1 is 1.25 bits per heavy atom. The van der Waals surface area contributed by atoms with Gasteiger partial charge in [-0.15, -0.1) is 0 Å². The molecule has 4 rings (SSSR count). The molecule has 0 aliphatic carbocycles. The molecule has 1 aromatic carbocycles. The van der Waals surface area contributed by atoms with Gasteiger partial charge in [0, 0.05) is 36.1 Å². The maximum absolute atomic E-state index is 12.1. The maximum Gasteiger partial charge on any atom is 0.188 e. The van der Waals surface area contributed by atoms with E-state index in [-0.39, 0.29) is 5.43 Å². The van der Waals surface area contributed by atoms with Gasteiger partial charge in [0.2, 0.25) is 0 Å². The third kappa shape index (κ3) is 1.50. The Morgan fingerprint density at radius 2 is 2.15 bits per heavy atom. The molecule has 0 saturated heterocycles. The molecule has 4 aromatic rings. The quantitative estimate of drug-likeness (QED) is 0.554. The van der Waals surface area contributed by atoms with Crippen LogP contribution in [0.25, 0.3) is 33.1 Å². The zero-order valence-corrected chi connectivity index (χ0v) is 10.8. The topological polar surface area (TPSA) is 66.5 Å². The van der Waals surface area contributed by atoms with Gasteiger partial charge in [0.1, 0.15) is 0 Å². The second-order valence-corrected chi connectivity index (χ2v) is 4.88. The van der Waals surface area contributed by atoms with E-state index >= 15 is 0 Å². The number of fused-ring (bicyclic) bond motifs is 3. The van der Waals surface area contributed by atoms with Crippen molar-refractivity contribution < 1.29 is 0 Å². The minimum Gasteiger partial charge on any atom is -0.359 e. The summed E-state index contributed by atoms with van der Waals surface area (Å²) < 4.78 is 1.75. The molecule has 0 aliphatic heterocycles. The van der Waals surface area contributed by atoms with Crippen LogP contribution >= 0.6 is 0 Å². The number of rotatable bonds is 1. The van der Waals surface area contributed by atoms with Crippen LogP contribution in [0.5, 0.6) is 0 Å². The first-order valence-corrected chi connectivity index (χ1v) is 6.34. The number of nitrogens with one attached hydrogen (secondary N) is 2. The van der Waals surface area contributed by atoms with E-state index in [0.29, 0.717) is 0 Å². The lowest BCUT2D eigenvalue weighted by Gasteiger charge is -1.98. The molecule has 0 amide bonds. The summed E-state index contributed by atoms with van der Waals surface area (Å²) in [6.45, 7) is 0. The molecule has 20 heavy (non-hydrogen) atoms. The molecule has 3 aromatic heterocycles. The van der Waals surface area contributed by atoms with Gasteiger partial charge in [0.25, 0.3) is 0 Å². The Hall–Kier alpha value is -2.82. The van der Waals surface area contributed by atoms with Crippen molar-refractivity contribution in [1.82, 2.24) is 19.7 Å². The summed E-state index contributed by atoms with van der Waals surface area (Å²) in [4.78, 5) is 18.5. The van der Waals surface area contributed by atoms with E-state index in [9.17, 15) is 4.79 Å². The van der Waals surface area contributed by atoms with E-state index in [1.165, 1.54) is 0 Å². The van der Waals surface area contributed by atoms with Gasteiger partial charge in [-0.2, -0.15) is 5.10 Å². The molecule has 0 spiro atoms. The van der Waals surface area contributed by atoms with E-state index in [4.69, 9.17) is 0 Å². The van der Waals surface area contributed by atoms with Crippen LogP contribution in [0, 0.1) is 0 Å². The van der Waals surface area contributed by atoms with Crippen LogP contribution < -0.4 is 5.43 Å². The van der Waals surface area contributed by atoms with Crippen LogP contribution in [0.4, 0.5) is 0 Å². The minimum atomic E-state index is 0.0390. The summed E-state index contributed by atoms with van der Waals surface area (Å²) >= 11 is 0. The third-order valence-electron chi connectivity index (χ3n) is 3.53. The van der Waals surface area contributed by atoms with Crippen molar-refractivity contribution in [3.63, 3.8) is 0 Å². The van der Waals surface area contributed by atoms with Gasteiger partial charge in [-0.3, -0.25) is 9.48 Å². The normalized spacial score (nSPS) is 11.4. The van der Waals surface area contributed by atoms with Crippen molar-refractivity contribution in [3.05, 3.63) is 53.1 Å². The zero-order valence-electron chi connectivity index (χ0n) is 10.8. The van der Waals surface area contributed by atoms with E-state index in [1.807, 2.05) is 31.6 Å². The van der Waals surface area contributed by atoms with Gasteiger partial charge in [-0.1, -0.05) is 6.07 Å². The van der Waals surface area contributed by atoms with E-state index in [0.717, 1.165) is 33.1 Å². The number of hydrogen-bond acceptors (Lipinski definition) is 2. The Morgan fingerprint density at radius 3 is 2.95 bits per heavy atom. The smallest absolute Gasteiger partial charge is 0.188 e. The summed E-state index contributed by atoms with van der Waals surface area (Å²) in [5.74, 6) is 0. The molecule has 0 saturated carbocycles. The zero-order chi connectivity index (χ0) is 13.7. The van der Waals surface area contributed by atoms with Crippen LogP contribution in [0.2, 0.25) is 0 Å². The highest BCUT2D eigenvalue weighted by Crippen LogP contribution is 2.26. The molecule has 0 atom stereocenters. The highest BCUT2D eigenvalue weighted by atomic mass is 16.1. The average Bonchev–Trinajstić information content (AvgIpc) is 3.02. The average molecular weight is 264 g/mol. The summed E-state index contributed by atoms with van der Waals surface area (Å²) in [6.07, 6.45) is 5.62. The molecule has 0 aliphatic rings. The van der Waals surface area contributed by atoms with Crippen LogP contribution in [0.15, 0.2) is 47.7 Å². The second-order valence-electron chi connectivity index (χ2n) is 4.88. The van der Waals surface area contributed by atoms with Crippen molar-refractivity contribution >= 4 is 21.8 Å². The summed E-state index contributed by atoms with van der Waals surface area (Å²) in [5.41, 5.74) is 3.76. The number of benzene rings is 1. The van der Waals surface area contributed by atoms with Crippen molar-refractivity contribution in [3.8, 4) is 11.3 Å². The molecule has 0 radical (unpaired) electrons. The minimum absolute atomic E-state index is 0.0390. The first-order valence-electron chi connectivity index (χ1n) is 6.34. The largest absolute Gasteiger partial charge is 0.359 e. The first-order chi connectivity index (χ1) is 9.72. The Labute approximate surface area is 113 Å². The monoisotopic (exact) mass is 264 g/mol. The van der Waals surface area contributed by atoms with Crippen molar-refractivity contribution in [1.29, 1.82) is 0 Å². The van der Waals surface area contributed by atoms with Gasteiger partial charge >= 0.3 is 0 Å². The van der Waals surface area contributed by atoms with Gasteiger partial charge in [0.05, 0.1) is 22.6 Å². The fourth-order valence-electron chi connectivity index (χ4n) is 2.59. The number of H-pyrrole nitrogens is 2. The standard InChI is InChI=1S/C15H12N4O/c1-19-8-9(6-17-19)12-5-10-13(7-16-12)18-11-3-2-4-14(20)15(10)11/h2-8,16,18H,1H3. The van der Waals surface area contributed by atoms with Crippen LogP contribution in [0.1, 0.15) is 0 Å². The number of aromatic amines is 2. The van der Waals surface area contributed by atoms with E-state index in [1.54, 1.807) is 23.0 Å². The lowest BCUT2D eigenvalue weighted by atomic mass is 10.1. The summed E-state index contributed by atoms with van der Waals surface area (Å²) in [7, 11) is 1.88. The molecule has 5 heteroatoms. The lowest BCUT2D eigenvalue weighted by molar-refractivity contribution is 0.768. The number of hydrogen-bond donors (Lipinski definition) is 2. The van der Waals surface area contributed by atoms with Gasteiger partial charge in [0.15, 0.2) is 5.43 Å². The van der Waals surface area contributed by atoms with Crippen LogP contribution in [0.3, 0.4) is 0 Å². The number of nitrogens with zero attached hydrogens (tertiary/aromatic N) is 2. The highest BCUT2D eigenvalue weighted by molar-refractivity contribution is 6.07. The molecule has 3 heterocycles. The SMILES string of the molecule is Cn1cc(-c2cc3c(c[nH]2)[nH]c2cccc(=O)c23)cn1. The lowest BCUT2D eigenvalue weighted by Crippen LogP contribution is -1.96. The maximum atomic E-state index is 12.1. The Balaban J connectivity index is 2.07. The van der Waals surface area contributed by atoms with E-state index < -0.39 is 0 Å². The Bertz CT molecular complexity index is 990. The highest BCUT2D eigenvalue weighted by Gasteiger charge is 2.09. The van der Waals surface area contributed by atoms with Crippen molar-refractivity contribution in [2.24, 2.45) is 7.05 Å². The van der Waals surface area contributed by atoms with E-state index in [2.05, 4.69) is 15.1 Å². The van der Waals surface area contributed by atoms with Gasteiger partial charge in [-0.25, -0.2) is 0 Å². The molecule has 98 valence electrons. The van der Waals surface area contributed by atoms with Crippen LogP contribution in [-0.2, 0) is 7.05 Å². The third-order valence-corrected chi connectivity index (χ3v) is 3.53. The van der Waals surface area contributed by atoms with Gasteiger partial charge < -0.3 is 9.97 Å².